The van der Waals surface area contributed by atoms with E-state index in [4.69, 9.17) is 0 Å². The lowest BCUT2D eigenvalue weighted by Gasteiger charge is -2.47. The summed E-state index contributed by atoms with van der Waals surface area (Å²) in [4.78, 5) is 30.0. The molecule has 1 atom stereocenters. The minimum atomic E-state index is -0.111. The molecule has 2 aliphatic heterocycles. The van der Waals surface area contributed by atoms with Crippen LogP contribution < -0.4 is 10.2 Å². The van der Waals surface area contributed by atoms with Crippen molar-refractivity contribution in [1.82, 2.24) is 10.2 Å². The van der Waals surface area contributed by atoms with Crippen molar-refractivity contribution in [3.05, 3.63) is 64.2 Å². The molecule has 2 aliphatic rings. The van der Waals surface area contributed by atoms with Crippen molar-refractivity contribution in [3.63, 3.8) is 0 Å². The van der Waals surface area contributed by atoms with E-state index in [1.807, 2.05) is 23.1 Å². The lowest BCUT2D eigenvalue weighted by atomic mass is 9.97. The first kappa shape index (κ1) is 19.5. The average Bonchev–Trinajstić information content (AvgIpc) is 2.74. The molecule has 0 bridgehead atoms. The number of anilines is 1. The topological polar surface area (TPSA) is 52.7 Å². The Morgan fingerprint density at radius 2 is 1.93 bits per heavy atom. The first-order valence-electron chi connectivity index (χ1n) is 10.6. The predicted octanol–water partition coefficient (Wildman–Crippen LogP) is 4.03. The van der Waals surface area contributed by atoms with Crippen LogP contribution in [0.1, 0.15) is 63.6 Å². The summed E-state index contributed by atoms with van der Waals surface area (Å²) in [6.07, 6.45) is 3.30. The number of carbonyl (C=O) groups excluding carboxylic acids is 2. The molecule has 2 aromatic rings. The fraction of sp³-hybridized carbons (Fsp3) is 0.417. The van der Waals surface area contributed by atoms with Crippen molar-refractivity contribution in [2.24, 2.45) is 0 Å². The van der Waals surface area contributed by atoms with Crippen LogP contribution in [0.25, 0.3) is 0 Å². The Bertz CT molecular complexity index is 953. The maximum atomic E-state index is 13.0. The molecule has 29 heavy (non-hydrogen) atoms. The standard InChI is InChI=1S/C24H29N3O2/c1-4-26-21-14-19(23(28)25-15-18-9-8-16(2)17(3)13-18)10-11-20(21)24(29)27-12-6-5-7-22(26)27/h8-11,13-14,22H,4-7,12,15H2,1-3H3,(H,25,28). The molecule has 1 N–H and O–H groups in total. The van der Waals surface area contributed by atoms with Gasteiger partial charge in [0.15, 0.2) is 0 Å². The second-order valence-electron chi connectivity index (χ2n) is 8.09. The summed E-state index contributed by atoms with van der Waals surface area (Å²) in [7, 11) is 0. The summed E-state index contributed by atoms with van der Waals surface area (Å²) in [5.41, 5.74) is 5.75. The molecular weight excluding hydrogens is 362 g/mol. The molecule has 0 saturated carbocycles. The Balaban J connectivity index is 1.56. The van der Waals surface area contributed by atoms with Gasteiger partial charge in [0, 0.05) is 25.2 Å². The zero-order valence-corrected chi connectivity index (χ0v) is 17.5. The van der Waals surface area contributed by atoms with Gasteiger partial charge in [0.05, 0.1) is 11.3 Å². The number of carbonyl (C=O) groups is 2. The van der Waals surface area contributed by atoms with Gasteiger partial charge in [-0.15, -0.1) is 0 Å². The Kier molecular flexibility index (Phi) is 5.31. The molecular formula is C24H29N3O2. The SMILES string of the molecule is CCN1c2cc(C(=O)NCc3ccc(C)c(C)c3)ccc2C(=O)N2CCCCC21. The zero-order chi connectivity index (χ0) is 20.5. The molecule has 1 fully saturated rings. The summed E-state index contributed by atoms with van der Waals surface area (Å²) in [6, 6.07) is 11.7. The average molecular weight is 392 g/mol. The molecule has 2 aromatic carbocycles. The number of hydrogen-bond donors (Lipinski definition) is 1. The van der Waals surface area contributed by atoms with Crippen LogP contribution in [0, 0.1) is 13.8 Å². The lowest BCUT2D eigenvalue weighted by molar-refractivity contribution is 0.0582. The van der Waals surface area contributed by atoms with Gasteiger partial charge in [-0.2, -0.15) is 0 Å². The monoisotopic (exact) mass is 391 g/mol. The van der Waals surface area contributed by atoms with E-state index in [1.54, 1.807) is 6.07 Å². The van der Waals surface area contributed by atoms with Crippen LogP contribution in [-0.4, -0.2) is 36.0 Å². The molecule has 0 aliphatic carbocycles. The maximum Gasteiger partial charge on any atom is 0.257 e. The summed E-state index contributed by atoms with van der Waals surface area (Å²) >= 11 is 0. The molecule has 0 spiro atoms. The van der Waals surface area contributed by atoms with Crippen LogP contribution in [0.15, 0.2) is 36.4 Å². The van der Waals surface area contributed by atoms with E-state index in [9.17, 15) is 9.59 Å². The van der Waals surface area contributed by atoms with Gasteiger partial charge < -0.3 is 15.1 Å². The zero-order valence-electron chi connectivity index (χ0n) is 17.5. The van der Waals surface area contributed by atoms with Gasteiger partial charge in [-0.3, -0.25) is 9.59 Å². The smallest absolute Gasteiger partial charge is 0.257 e. The number of rotatable bonds is 4. The van der Waals surface area contributed by atoms with Crippen molar-refractivity contribution >= 4 is 17.5 Å². The Hall–Kier alpha value is -2.82. The van der Waals surface area contributed by atoms with Crippen LogP contribution >= 0.6 is 0 Å². The second kappa shape index (κ2) is 7.90. The Labute approximate surface area is 172 Å². The van der Waals surface area contributed by atoms with Crippen LogP contribution in [-0.2, 0) is 6.54 Å². The minimum Gasteiger partial charge on any atom is -0.351 e. The van der Waals surface area contributed by atoms with Crippen molar-refractivity contribution in [2.45, 2.75) is 52.7 Å². The van der Waals surface area contributed by atoms with Gasteiger partial charge in [-0.25, -0.2) is 0 Å². The van der Waals surface area contributed by atoms with E-state index < -0.39 is 0 Å². The predicted molar refractivity (Wildman–Crippen MR) is 115 cm³/mol. The molecule has 2 heterocycles. The second-order valence-corrected chi connectivity index (χ2v) is 8.09. The first-order chi connectivity index (χ1) is 14.0. The molecule has 0 aromatic heterocycles. The largest absolute Gasteiger partial charge is 0.351 e. The number of hydrogen-bond acceptors (Lipinski definition) is 3. The number of amides is 2. The highest BCUT2D eigenvalue weighted by atomic mass is 16.2. The Morgan fingerprint density at radius 3 is 2.69 bits per heavy atom. The minimum absolute atomic E-state index is 0.0940. The van der Waals surface area contributed by atoms with Crippen LogP contribution in [0.3, 0.4) is 0 Å². The number of nitrogens with zero attached hydrogens (tertiary/aromatic N) is 2. The third-order valence-electron chi connectivity index (χ3n) is 6.26. The van der Waals surface area contributed by atoms with Crippen molar-refractivity contribution in [2.75, 3.05) is 18.0 Å². The fourth-order valence-corrected chi connectivity index (χ4v) is 4.46. The van der Waals surface area contributed by atoms with Crippen LogP contribution in [0.4, 0.5) is 5.69 Å². The number of piperidine rings is 1. The summed E-state index contributed by atoms with van der Waals surface area (Å²) < 4.78 is 0. The third-order valence-corrected chi connectivity index (χ3v) is 6.26. The highest BCUT2D eigenvalue weighted by Crippen LogP contribution is 2.35. The highest BCUT2D eigenvalue weighted by Gasteiger charge is 2.38. The molecule has 0 radical (unpaired) electrons. The van der Waals surface area contributed by atoms with E-state index in [2.05, 4.69) is 43.1 Å². The molecule has 1 unspecified atom stereocenters. The number of benzene rings is 2. The van der Waals surface area contributed by atoms with Crippen LogP contribution in [0.2, 0.25) is 0 Å². The molecule has 5 nitrogen and oxygen atoms in total. The van der Waals surface area contributed by atoms with Gasteiger partial charge in [-0.1, -0.05) is 18.2 Å². The van der Waals surface area contributed by atoms with Gasteiger partial charge >= 0.3 is 0 Å². The molecule has 1 saturated heterocycles. The van der Waals surface area contributed by atoms with Gasteiger partial charge in [-0.05, 0) is 74.9 Å². The van der Waals surface area contributed by atoms with Crippen LogP contribution in [0.5, 0.6) is 0 Å². The maximum absolute atomic E-state index is 13.0. The van der Waals surface area contributed by atoms with Crippen molar-refractivity contribution in [3.8, 4) is 0 Å². The van der Waals surface area contributed by atoms with E-state index in [0.29, 0.717) is 17.7 Å². The summed E-state index contributed by atoms with van der Waals surface area (Å²) in [5.74, 6) is -0.0166. The van der Waals surface area contributed by atoms with Crippen molar-refractivity contribution < 1.29 is 9.59 Å². The quantitative estimate of drug-likeness (QED) is 0.856. The van der Waals surface area contributed by atoms with E-state index in [1.165, 1.54) is 11.1 Å². The third kappa shape index (κ3) is 3.61. The van der Waals surface area contributed by atoms with Gasteiger partial charge in [0.2, 0.25) is 0 Å². The molecule has 5 heteroatoms. The molecule has 2 amide bonds. The number of aryl methyl sites for hydroxylation is 2. The normalized spacial score (nSPS) is 18.3. The van der Waals surface area contributed by atoms with E-state index in [0.717, 1.165) is 43.6 Å². The lowest BCUT2D eigenvalue weighted by Crippen LogP contribution is -2.57. The van der Waals surface area contributed by atoms with E-state index in [-0.39, 0.29) is 18.0 Å². The molecule has 4 rings (SSSR count). The number of fused-ring (bicyclic) bond motifs is 2. The summed E-state index contributed by atoms with van der Waals surface area (Å²) in [5, 5.41) is 3.02. The summed E-state index contributed by atoms with van der Waals surface area (Å²) in [6.45, 7) is 8.39. The fourth-order valence-electron chi connectivity index (χ4n) is 4.46. The molecule has 152 valence electrons. The van der Waals surface area contributed by atoms with Gasteiger partial charge in [0.25, 0.3) is 11.8 Å². The first-order valence-corrected chi connectivity index (χ1v) is 10.6. The number of nitrogens with one attached hydrogen (secondary N) is 1. The van der Waals surface area contributed by atoms with E-state index >= 15 is 0 Å². The highest BCUT2D eigenvalue weighted by molar-refractivity contribution is 6.04. The van der Waals surface area contributed by atoms with Crippen molar-refractivity contribution in [1.29, 1.82) is 0 Å². The van der Waals surface area contributed by atoms with Gasteiger partial charge in [0.1, 0.15) is 6.17 Å². The Morgan fingerprint density at radius 1 is 1.10 bits per heavy atom.